The highest BCUT2D eigenvalue weighted by molar-refractivity contribution is 6.03. The normalized spacial score (nSPS) is 21.1. The first-order chi connectivity index (χ1) is 21.5. The second-order valence-corrected chi connectivity index (χ2v) is 9.83. The molecule has 0 aliphatic carbocycles. The van der Waals surface area contributed by atoms with Crippen LogP contribution in [0, 0.1) is 0 Å². The number of rotatable bonds is 8. The maximum atomic E-state index is 14.8. The van der Waals surface area contributed by atoms with Gasteiger partial charge in [0.2, 0.25) is 5.60 Å². The molecular formula is C31H24F3N3O8. The molecule has 1 aromatic heterocycles. The molecular weight excluding hydrogens is 599 g/mol. The van der Waals surface area contributed by atoms with Crippen LogP contribution in [0.5, 0.6) is 0 Å². The van der Waals surface area contributed by atoms with Crippen LogP contribution in [-0.4, -0.2) is 63.1 Å². The number of anilines is 1. The molecule has 1 fully saturated rings. The maximum absolute atomic E-state index is 14.8. The first-order valence-electron chi connectivity index (χ1n) is 13.4. The van der Waals surface area contributed by atoms with Crippen molar-refractivity contribution in [2.45, 2.75) is 30.2 Å². The third-order valence-corrected chi connectivity index (χ3v) is 6.90. The average Bonchev–Trinajstić information content (AvgIpc) is 3.32. The number of hydrogen-bond donors (Lipinski definition) is 2. The van der Waals surface area contributed by atoms with Crippen LogP contribution >= 0.6 is 0 Å². The van der Waals surface area contributed by atoms with Crippen molar-refractivity contribution in [2.24, 2.45) is 0 Å². The van der Waals surface area contributed by atoms with Gasteiger partial charge in [-0.2, -0.15) is 18.2 Å². The number of benzene rings is 3. The highest BCUT2D eigenvalue weighted by Gasteiger charge is 2.73. The minimum Gasteiger partial charge on any atom is -0.459 e. The standard InChI is InChI=1S/C31H24F3N3O8/c32-31(33,34)30(42)24(45-27(40)21-14-8-3-9-15-21)22(18-43-26(39)20-12-6-2-7-13-20)44-28(30)37-17-16-23(36-29(37)41)35-25(38)19-10-4-1-5-11-19/h1-17,22,24,28,42H,18H2,(H,35,36,38,41)/t22-,24-,28-,30-/m1/s1. The molecule has 0 unspecified atom stereocenters. The highest BCUT2D eigenvalue weighted by atomic mass is 19.4. The topological polar surface area (TPSA) is 146 Å². The van der Waals surface area contributed by atoms with Crippen LogP contribution < -0.4 is 11.0 Å². The summed E-state index contributed by atoms with van der Waals surface area (Å²) < 4.78 is 60.5. The van der Waals surface area contributed by atoms with Gasteiger partial charge in [0.1, 0.15) is 18.5 Å². The van der Waals surface area contributed by atoms with Gasteiger partial charge < -0.3 is 24.6 Å². The van der Waals surface area contributed by atoms with Crippen molar-refractivity contribution in [3.8, 4) is 0 Å². The molecule has 1 saturated heterocycles. The molecule has 1 aliphatic heterocycles. The number of carbonyl (C=O) groups is 3. The lowest BCUT2D eigenvalue weighted by atomic mass is 9.92. The fraction of sp³-hybridized carbons (Fsp3) is 0.194. The van der Waals surface area contributed by atoms with Crippen LogP contribution in [0.1, 0.15) is 37.3 Å². The third-order valence-electron chi connectivity index (χ3n) is 6.90. The molecule has 4 atom stereocenters. The van der Waals surface area contributed by atoms with E-state index < -0.39 is 60.4 Å². The van der Waals surface area contributed by atoms with E-state index in [1.54, 1.807) is 30.3 Å². The molecule has 0 saturated carbocycles. The summed E-state index contributed by atoms with van der Waals surface area (Å²) in [6.07, 6.45) is -11.7. The van der Waals surface area contributed by atoms with Gasteiger partial charge in [-0.3, -0.25) is 9.36 Å². The molecule has 232 valence electrons. The number of amides is 1. The Morgan fingerprint density at radius 2 is 1.40 bits per heavy atom. The average molecular weight is 624 g/mol. The van der Waals surface area contributed by atoms with E-state index in [-0.39, 0.29) is 22.5 Å². The van der Waals surface area contributed by atoms with Crippen molar-refractivity contribution < 1.29 is 46.9 Å². The van der Waals surface area contributed by atoms with E-state index in [4.69, 9.17) is 14.2 Å². The lowest BCUT2D eigenvalue weighted by Gasteiger charge is -2.35. The van der Waals surface area contributed by atoms with Gasteiger partial charge >= 0.3 is 23.8 Å². The SMILES string of the molecule is O=C(Nc1ccn([C@@H]2O[C@H](COC(=O)c3ccccc3)[C@@H](OC(=O)c3ccccc3)[C@]2(O)C(F)(F)F)c(=O)n1)c1ccccc1. The van der Waals surface area contributed by atoms with Crippen molar-refractivity contribution in [1.82, 2.24) is 9.55 Å². The Morgan fingerprint density at radius 3 is 1.93 bits per heavy atom. The van der Waals surface area contributed by atoms with E-state index in [9.17, 15) is 37.5 Å². The summed E-state index contributed by atoms with van der Waals surface area (Å²) in [6, 6.07) is 23.4. The minimum absolute atomic E-state index is 0.0736. The van der Waals surface area contributed by atoms with Gasteiger partial charge in [-0.25, -0.2) is 14.4 Å². The number of alkyl halides is 3. The molecule has 2 heterocycles. The lowest BCUT2D eigenvalue weighted by molar-refractivity contribution is -0.304. The predicted molar refractivity (Wildman–Crippen MR) is 150 cm³/mol. The summed E-state index contributed by atoms with van der Waals surface area (Å²) in [5, 5.41) is 13.7. The van der Waals surface area contributed by atoms with Crippen LogP contribution in [0.15, 0.2) is 108 Å². The third kappa shape index (κ3) is 6.46. The molecule has 11 nitrogen and oxygen atoms in total. The maximum Gasteiger partial charge on any atom is 0.425 e. The number of halogens is 3. The van der Waals surface area contributed by atoms with E-state index in [0.29, 0.717) is 4.57 Å². The molecule has 1 amide bonds. The van der Waals surface area contributed by atoms with Crippen LogP contribution in [0.25, 0.3) is 0 Å². The Bertz CT molecular complexity index is 1740. The minimum atomic E-state index is -5.56. The molecule has 0 bridgehead atoms. The van der Waals surface area contributed by atoms with E-state index in [2.05, 4.69) is 10.3 Å². The Hall–Kier alpha value is -5.34. The zero-order valence-corrected chi connectivity index (χ0v) is 23.1. The zero-order valence-electron chi connectivity index (χ0n) is 23.1. The van der Waals surface area contributed by atoms with Crippen LogP contribution in [0.4, 0.5) is 19.0 Å². The second-order valence-electron chi connectivity index (χ2n) is 9.83. The summed E-state index contributed by atoms with van der Waals surface area (Å²) >= 11 is 0. The predicted octanol–water partition coefficient (Wildman–Crippen LogP) is 3.77. The van der Waals surface area contributed by atoms with Crippen molar-refractivity contribution in [3.05, 3.63) is 130 Å². The fourth-order valence-corrected chi connectivity index (χ4v) is 4.65. The van der Waals surface area contributed by atoms with Gasteiger partial charge in [0.15, 0.2) is 12.3 Å². The number of aromatic nitrogens is 2. The Kier molecular flexibility index (Phi) is 8.79. The summed E-state index contributed by atoms with van der Waals surface area (Å²) in [4.78, 5) is 54.6. The Labute approximate surface area is 252 Å². The van der Waals surface area contributed by atoms with E-state index in [1.165, 1.54) is 60.7 Å². The molecule has 0 spiro atoms. The first kappa shape index (κ1) is 31.1. The number of aliphatic hydroxyl groups is 1. The van der Waals surface area contributed by atoms with Gasteiger partial charge in [0.05, 0.1) is 11.1 Å². The molecule has 5 rings (SSSR count). The number of carbonyl (C=O) groups excluding carboxylic acids is 3. The summed E-state index contributed by atoms with van der Waals surface area (Å²) in [5.74, 6) is -3.10. The molecule has 14 heteroatoms. The van der Waals surface area contributed by atoms with Gasteiger partial charge in [-0.05, 0) is 42.5 Å². The van der Waals surface area contributed by atoms with Gasteiger partial charge in [0.25, 0.3) is 5.91 Å². The van der Waals surface area contributed by atoms with Gasteiger partial charge in [-0.1, -0.05) is 54.6 Å². The van der Waals surface area contributed by atoms with Crippen LogP contribution in [-0.2, 0) is 14.2 Å². The monoisotopic (exact) mass is 623 g/mol. The van der Waals surface area contributed by atoms with Crippen molar-refractivity contribution in [1.29, 1.82) is 0 Å². The van der Waals surface area contributed by atoms with E-state index in [1.807, 2.05) is 0 Å². The smallest absolute Gasteiger partial charge is 0.425 e. The highest BCUT2D eigenvalue weighted by Crippen LogP contribution is 2.49. The van der Waals surface area contributed by atoms with Crippen LogP contribution in [0.3, 0.4) is 0 Å². The summed E-state index contributed by atoms with van der Waals surface area (Å²) in [6.45, 7) is -0.900. The van der Waals surface area contributed by atoms with Gasteiger partial charge in [-0.15, -0.1) is 0 Å². The Morgan fingerprint density at radius 1 is 0.867 bits per heavy atom. The Balaban J connectivity index is 1.48. The second kappa shape index (κ2) is 12.7. The number of hydrogen-bond acceptors (Lipinski definition) is 9. The van der Waals surface area contributed by atoms with Crippen molar-refractivity contribution >= 4 is 23.7 Å². The van der Waals surface area contributed by atoms with Crippen LogP contribution in [0.2, 0.25) is 0 Å². The first-order valence-corrected chi connectivity index (χ1v) is 13.4. The summed E-state index contributed by atoms with van der Waals surface area (Å²) in [7, 11) is 0. The van der Waals surface area contributed by atoms with E-state index >= 15 is 0 Å². The lowest BCUT2D eigenvalue weighted by Crippen LogP contribution is -2.60. The molecule has 45 heavy (non-hydrogen) atoms. The molecule has 4 aromatic rings. The molecule has 2 N–H and O–H groups in total. The molecule has 3 aromatic carbocycles. The zero-order chi connectivity index (χ0) is 32.2. The number of nitrogens with zero attached hydrogens (tertiary/aromatic N) is 2. The number of ether oxygens (including phenoxy) is 3. The van der Waals surface area contributed by atoms with Gasteiger partial charge in [0, 0.05) is 11.8 Å². The van der Waals surface area contributed by atoms with E-state index in [0.717, 1.165) is 12.3 Å². The fourth-order valence-electron chi connectivity index (χ4n) is 4.65. The molecule has 1 aliphatic rings. The molecule has 0 radical (unpaired) electrons. The quantitative estimate of drug-likeness (QED) is 0.280. The summed E-state index contributed by atoms with van der Waals surface area (Å²) in [5.41, 5.74) is -5.21. The number of esters is 2. The number of nitrogens with one attached hydrogen (secondary N) is 1. The van der Waals surface area contributed by atoms with Crippen molar-refractivity contribution in [3.63, 3.8) is 0 Å². The van der Waals surface area contributed by atoms with Crippen molar-refractivity contribution in [2.75, 3.05) is 11.9 Å². The largest absolute Gasteiger partial charge is 0.459 e.